The average Bonchev–Trinajstić information content (AvgIpc) is 2.88. The highest BCUT2D eigenvalue weighted by Gasteiger charge is 2.15. The van der Waals surface area contributed by atoms with E-state index in [9.17, 15) is 9.59 Å². The van der Waals surface area contributed by atoms with E-state index in [0.717, 1.165) is 0 Å². The number of amides is 1. The number of para-hydroxylation sites is 1. The van der Waals surface area contributed by atoms with Crippen molar-refractivity contribution in [2.24, 2.45) is 0 Å². The van der Waals surface area contributed by atoms with Gasteiger partial charge in [-0.25, -0.2) is 4.68 Å². The summed E-state index contributed by atoms with van der Waals surface area (Å²) in [6, 6.07) is 7.27. The molecule has 1 heterocycles. The number of carboxylic acids is 1. The zero-order chi connectivity index (χ0) is 16.8. The Morgan fingerprint density at radius 3 is 2.74 bits per heavy atom. The van der Waals surface area contributed by atoms with Crippen LogP contribution in [0, 0.1) is 6.92 Å². The molecule has 0 fully saturated rings. The lowest BCUT2D eigenvalue weighted by atomic mass is 10.2. The summed E-state index contributed by atoms with van der Waals surface area (Å²) in [4.78, 5) is 22.6. The predicted molar refractivity (Wildman–Crippen MR) is 87.1 cm³/mol. The summed E-state index contributed by atoms with van der Waals surface area (Å²) in [6.07, 6.45) is 2.77. The van der Waals surface area contributed by atoms with Crippen LogP contribution in [0.4, 0.5) is 0 Å². The summed E-state index contributed by atoms with van der Waals surface area (Å²) in [5.41, 5.74) is 1.89. The van der Waals surface area contributed by atoms with Gasteiger partial charge in [0.2, 0.25) is 0 Å². The van der Waals surface area contributed by atoms with Crippen molar-refractivity contribution in [2.75, 3.05) is 6.54 Å². The van der Waals surface area contributed by atoms with E-state index in [1.807, 2.05) is 18.2 Å². The number of rotatable bonds is 7. The van der Waals surface area contributed by atoms with Crippen LogP contribution in [0.1, 0.15) is 35.3 Å². The van der Waals surface area contributed by atoms with Crippen molar-refractivity contribution >= 4 is 23.5 Å². The minimum absolute atomic E-state index is 0.110. The van der Waals surface area contributed by atoms with E-state index >= 15 is 0 Å². The van der Waals surface area contributed by atoms with Crippen LogP contribution in [-0.4, -0.2) is 33.3 Å². The lowest BCUT2D eigenvalue weighted by molar-refractivity contribution is -0.137. The predicted octanol–water partition coefficient (Wildman–Crippen LogP) is 2.82. The van der Waals surface area contributed by atoms with E-state index in [0.29, 0.717) is 41.4 Å². The van der Waals surface area contributed by atoms with Gasteiger partial charge in [0.1, 0.15) is 0 Å². The van der Waals surface area contributed by atoms with Gasteiger partial charge >= 0.3 is 5.97 Å². The Bertz CT molecular complexity index is 712. The molecular weight excluding hydrogens is 318 g/mol. The number of benzene rings is 1. The lowest BCUT2D eigenvalue weighted by Crippen LogP contribution is -2.25. The van der Waals surface area contributed by atoms with E-state index < -0.39 is 5.97 Å². The van der Waals surface area contributed by atoms with Gasteiger partial charge in [0, 0.05) is 13.0 Å². The second-order valence-electron chi connectivity index (χ2n) is 5.11. The molecule has 0 spiro atoms. The van der Waals surface area contributed by atoms with E-state index in [4.69, 9.17) is 16.7 Å². The van der Waals surface area contributed by atoms with Crippen molar-refractivity contribution in [3.63, 3.8) is 0 Å². The zero-order valence-electron chi connectivity index (χ0n) is 12.8. The van der Waals surface area contributed by atoms with Crippen LogP contribution in [0.2, 0.25) is 5.02 Å². The molecule has 1 amide bonds. The summed E-state index contributed by atoms with van der Waals surface area (Å²) in [5, 5.41) is 16.1. The topological polar surface area (TPSA) is 84.2 Å². The number of aliphatic carboxylic acids is 1. The molecule has 0 unspecified atom stereocenters. The van der Waals surface area contributed by atoms with E-state index in [-0.39, 0.29) is 12.3 Å². The Hall–Kier alpha value is -2.34. The molecule has 122 valence electrons. The van der Waals surface area contributed by atoms with Crippen LogP contribution >= 0.6 is 11.6 Å². The Labute approximate surface area is 139 Å². The number of hydrogen-bond acceptors (Lipinski definition) is 3. The third-order valence-corrected chi connectivity index (χ3v) is 3.76. The molecule has 0 radical (unpaired) electrons. The molecule has 0 atom stereocenters. The number of carboxylic acid groups (broad SMARTS) is 1. The highest BCUT2D eigenvalue weighted by atomic mass is 35.5. The second-order valence-corrected chi connectivity index (χ2v) is 5.52. The van der Waals surface area contributed by atoms with E-state index in [1.165, 1.54) is 6.20 Å². The fourth-order valence-corrected chi connectivity index (χ4v) is 2.41. The minimum Gasteiger partial charge on any atom is -0.481 e. The summed E-state index contributed by atoms with van der Waals surface area (Å²) in [5.74, 6) is -1.05. The third-order valence-electron chi connectivity index (χ3n) is 3.44. The molecule has 1 aromatic carbocycles. The highest BCUT2D eigenvalue weighted by Crippen LogP contribution is 2.21. The van der Waals surface area contributed by atoms with Crippen LogP contribution in [0.5, 0.6) is 0 Å². The Morgan fingerprint density at radius 2 is 2.04 bits per heavy atom. The van der Waals surface area contributed by atoms with Crippen LogP contribution in [0.3, 0.4) is 0 Å². The molecule has 0 saturated carbocycles. The van der Waals surface area contributed by atoms with Crippen LogP contribution < -0.4 is 5.32 Å². The first-order valence-corrected chi connectivity index (χ1v) is 7.68. The number of halogens is 1. The van der Waals surface area contributed by atoms with Gasteiger partial charge in [-0.1, -0.05) is 23.7 Å². The second kappa shape index (κ2) is 7.78. The summed E-state index contributed by atoms with van der Waals surface area (Å²) in [7, 11) is 0. The van der Waals surface area contributed by atoms with Gasteiger partial charge < -0.3 is 10.4 Å². The van der Waals surface area contributed by atoms with Gasteiger partial charge in [-0.2, -0.15) is 5.10 Å². The average molecular weight is 336 g/mol. The smallest absolute Gasteiger partial charge is 0.303 e. The molecule has 0 aliphatic rings. The van der Waals surface area contributed by atoms with Crippen LogP contribution in [0.15, 0.2) is 30.5 Å². The number of nitrogens with zero attached hydrogens (tertiary/aromatic N) is 2. The molecule has 2 aromatic rings. The monoisotopic (exact) mass is 335 g/mol. The van der Waals surface area contributed by atoms with Crippen LogP contribution in [-0.2, 0) is 4.79 Å². The maximum absolute atomic E-state index is 12.2. The molecule has 2 rings (SSSR count). The maximum atomic E-state index is 12.2. The Balaban J connectivity index is 2.00. The quantitative estimate of drug-likeness (QED) is 0.762. The highest BCUT2D eigenvalue weighted by molar-refractivity contribution is 6.32. The normalized spacial score (nSPS) is 10.5. The first kappa shape index (κ1) is 17.0. The first-order chi connectivity index (χ1) is 11.0. The molecule has 0 aliphatic carbocycles. The maximum Gasteiger partial charge on any atom is 0.303 e. The third kappa shape index (κ3) is 4.32. The van der Waals surface area contributed by atoms with Crippen molar-refractivity contribution in [1.29, 1.82) is 0 Å². The molecule has 0 bridgehead atoms. The van der Waals surface area contributed by atoms with Gasteiger partial charge in [0.05, 0.1) is 28.2 Å². The number of nitrogens with one attached hydrogen (secondary N) is 1. The molecule has 6 nitrogen and oxygen atoms in total. The van der Waals surface area contributed by atoms with Gasteiger partial charge in [-0.3, -0.25) is 9.59 Å². The Kier molecular flexibility index (Phi) is 5.76. The molecule has 0 aliphatic heterocycles. The fraction of sp³-hybridized carbons (Fsp3) is 0.312. The number of aromatic nitrogens is 2. The molecule has 1 aromatic heterocycles. The Morgan fingerprint density at radius 1 is 1.30 bits per heavy atom. The van der Waals surface area contributed by atoms with Crippen molar-refractivity contribution in [1.82, 2.24) is 15.1 Å². The SMILES string of the molecule is Cc1c(C(=O)NCCCCC(=O)O)cnn1-c1ccccc1Cl. The minimum atomic E-state index is -0.826. The lowest BCUT2D eigenvalue weighted by Gasteiger charge is -2.08. The van der Waals surface area contributed by atoms with Crippen molar-refractivity contribution in [3.8, 4) is 5.69 Å². The van der Waals surface area contributed by atoms with Gasteiger partial charge in [0.15, 0.2) is 0 Å². The number of unbranched alkanes of at least 4 members (excludes halogenated alkanes) is 1. The zero-order valence-corrected chi connectivity index (χ0v) is 13.5. The van der Waals surface area contributed by atoms with Crippen molar-refractivity contribution < 1.29 is 14.7 Å². The van der Waals surface area contributed by atoms with Crippen molar-refractivity contribution in [2.45, 2.75) is 26.2 Å². The largest absolute Gasteiger partial charge is 0.481 e. The number of carbonyl (C=O) groups is 2. The summed E-state index contributed by atoms with van der Waals surface area (Å²) < 4.78 is 1.63. The van der Waals surface area contributed by atoms with Gasteiger partial charge in [-0.05, 0) is 31.9 Å². The van der Waals surface area contributed by atoms with Gasteiger partial charge in [-0.15, -0.1) is 0 Å². The molecule has 23 heavy (non-hydrogen) atoms. The molecule has 2 N–H and O–H groups in total. The summed E-state index contributed by atoms with van der Waals surface area (Å²) in [6.45, 7) is 2.23. The fourth-order valence-electron chi connectivity index (χ4n) is 2.20. The number of carbonyl (C=O) groups excluding carboxylic acids is 1. The standard InChI is InChI=1S/C16H18ClN3O3/c1-11-12(16(23)18-9-5-4-8-15(21)22)10-19-20(11)14-7-3-2-6-13(14)17/h2-3,6-7,10H,4-5,8-9H2,1H3,(H,18,23)(H,21,22). The van der Waals surface area contributed by atoms with Gasteiger partial charge in [0.25, 0.3) is 5.91 Å². The molecule has 0 saturated heterocycles. The van der Waals surface area contributed by atoms with E-state index in [2.05, 4.69) is 10.4 Å². The summed E-state index contributed by atoms with van der Waals surface area (Å²) >= 11 is 6.15. The van der Waals surface area contributed by atoms with Crippen molar-refractivity contribution in [3.05, 3.63) is 46.7 Å². The first-order valence-electron chi connectivity index (χ1n) is 7.30. The van der Waals surface area contributed by atoms with Crippen LogP contribution in [0.25, 0.3) is 5.69 Å². The molecular formula is C16H18ClN3O3. The number of hydrogen-bond donors (Lipinski definition) is 2. The van der Waals surface area contributed by atoms with E-state index in [1.54, 1.807) is 17.7 Å². The molecule has 7 heteroatoms.